The second-order valence-electron chi connectivity index (χ2n) is 5.35. The van der Waals surface area contributed by atoms with Crippen LogP contribution in [-0.2, 0) is 6.54 Å². The van der Waals surface area contributed by atoms with E-state index in [1.807, 2.05) is 42.5 Å². The molecule has 0 atom stereocenters. The Morgan fingerprint density at radius 2 is 2.08 bits per heavy atom. The number of aromatic nitrogens is 1. The van der Waals surface area contributed by atoms with Gasteiger partial charge in [-0.15, -0.1) is 0 Å². The standard InChI is InChI=1S/C20H17N3O/c1-3-15-7-6-14(11-19(15)21-2)13-23-20(24)17-8-9-18-16(12-17)5-4-10-22-18/h3-12H,1-2,13H2,(H,23,24). The number of carbonyl (C=O) groups is 1. The molecule has 1 heterocycles. The third-order valence-electron chi connectivity index (χ3n) is 3.80. The molecule has 1 aromatic heterocycles. The SMILES string of the molecule is C=Cc1ccc(CNC(=O)c2ccc3ncccc3c2)cc1N=C. The van der Waals surface area contributed by atoms with Gasteiger partial charge in [0.15, 0.2) is 0 Å². The number of aliphatic imine (C=N–C) groups is 1. The molecule has 0 aliphatic carbocycles. The van der Waals surface area contributed by atoms with Crippen LogP contribution in [-0.4, -0.2) is 17.6 Å². The molecule has 0 fully saturated rings. The lowest BCUT2D eigenvalue weighted by Crippen LogP contribution is -2.22. The van der Waals surface area contributed by atoms with Crippen LogP contribution in [0.2, 0.25) is 0 Å². The Bertz CT molecular complexity index is 931. The molecule has 24 heavy (non-hydrogen) atoms. The van der Waals surface area contributed by atoms with E-state index in [0.29, 0.717) is 12.1 Å². The maximum Gasteiger partial charge on any atom is 0.251 e. The molecule has 4 heteroatoms. The maximum atomic E-state index is 12.4. The van der Waals surface area contributed by atoms with Gasteiger partial charge in [0.25, 0.3) is 5.91 Å². The number of hydrogen-bond acceptors (Lipinski definition) is 3. The molecular weight excluding hydrogens is 298 g/mol. The van der Waals surface area contributed by atoms with Crippen molar-refractivity contribution in [2.45, 2.75) is 6.54 Å². The first-order valence-electron chi connectivity index (χ1n) is 7.56. The minimum Gasteiger partial charge on any atom is -0.348 e. The minimum absolute atomic E-state index is 0.123. The van der Waals surface area contributed by atoms with Gasteiger partial charge in [0.2, 0.25) is 0 Å². The lowest BCUT2D eigenvalue weighted by molar-refractivity contribution is 0.0951. The predicted molar refractivity (Wildman–Crippen MR) is 98.7 cm³/mol. The van der Waals surface area contributed by atoms with Gasteiger partial charge in [-0.3, -0.25) is 14.8 Å². The Labute approximate surface area is 140 Å². The van der Waals surface area contributed by atoms with Crippen LogP contribution < -0.4 is 5.32 Å². The Morgan fingerprint density at radius 3 is 2.88 bits per heavy atom. The van der Waals surface area contributed by atoms with E-state index in [9.17, 15) is 4.79 Å². The zero-order chi connectivity index (χ0) is 16.9. The summed E-state index contributed by atoms with van der Waals surface area (Å²) in [6.45, 7) is 7.73. The smallest absolute Gasteiger partial charge is 0.251 e. The molecule has 1 N–H and O–H groups in total. The van der Waals surface area contributed by atoms with Crippen molar-refractivity contribution in [2.75, 3.05) is 0 Å². The van der Waals surface area contributed by atoms with E-state index in [2.05, 4.69) is 28.6 Å². The van der Waals surface area contributed by atoms with Crippen molar-refractivity contribution >= 4 is 35.3 Å². The molecule has 0 aliphatic rings. The Kier molecular flexibility index (Phi) is 4.47. The zero-order valence-corrected chi connectivity index (χ0v) is 13.2. The van der Waals surface area contributed by atoms with E-state index in [-0.39, 0.29) is 5.91 Å². The van der Waals surface area contributed by atoms with E-state index in [0.717, 1.165) is 27.7 Å². The molecule has 118 valence electrons. The fourth-order valence-electron chi connectivity index (χ4n) is 2.51. The highest BCUT2D eigenvalue weighted by atomic mass is 16.1. The monoisotopic (exact) mass is 315 g/mol. The molecule has 0 saturated carbocycles. The average Bonchev–Trinajstić information content (AvgIpc) is 2.65. The average molecular weight is 315 g/mol. The van der Waals surface area contributed by atoms with Crippen molar-refractivity contribution in [3.05, 3.63) is 78.0 Å². The maximum absolute atomic E-state index is 12.4. The summed E-state index contributed by atoms with van der Waals surface area (Å²) < 4.78 is 0. The first-order valence-corrected chi connectivity index (χ1v) is 7.56. The summed E-state index contributed by atoms with van der Waals surface area (Å²) in [5.41, 5.74) is 4.12. The highest BCUT2D eigenvalue weighted by Crippen LogP contribution is 2.21. The highest BCUT2D eigenvalue weighted by molar-refractivity contribution is 5.97. The van der Waals surface area contributed by atoms with Crippen LogP contribution in [0.25, 0.3) is 17.0 Å². The van der Waals surface area contributed by atoms with Crippen LogP contribution in [0.1, 0.15) is 21.5 Å². The lowest BCUT2D eigenvalue weighted by Gasteiger charge is -2.08. The van der Waals surface area contributed by atoms with Gasteiger partial charge in [0.1, 0.15) is 0 Å². The number of hydrogen-bond donors (Lipinski definition) is 1. The summed E-state index contributed by atoms with van der Waals surface area (Å²) >= 11 is 0. The zero-order valence-electron chi connectivity index (χ0n) is 13.2. The van der Waals surface area contributed by atoms with Crippen molar-refractivity contribution in [1.82, 2.24) is 10.3 Å². The van der Waals surface area contributed by atoms with Gasteiger partial charge in [0, 0.05) is 23.7 Å². The van der Waals surface area contributed by atoms with Crippen molar-refractivity contribution in [3.8, 4) is 0 Å². The van der Waals surface area contributed by atoms with Gasteiger partial charge in [-0.1, -0.05) is 30.9 Å². The number of nitrogens with zero attached hydrogens (tertiary/aromatic N) is 2. The molecule has 3 rings (SSSR count). The molecule has 1 amide bonds. The molecule has 2 aromatic carbocycles. The second kappa shape index (κ2) is 6.87. The fourth-order valence-corrected chi connectivity index (χ4v) is 2.51. The van der Waals surface area contributed by atoms with Crippen LogP contribution in [0.4, 0.5) is 5.69 Å². The van der Waals surface area contributed by atoms with Crippen LogP contribution in [0.15, 0.2) is 66.3 Å². The van der Waals surface area contributed by atoms with Crippen LogP contribution in [0.3, 0.4) is 0 Å². The molecule has 4 nitrogen and oxygen atoms in total. The topological polar surface area (TPSA) is 54.4 Å². The van der Waals surface area contributed by atoms with Crippen LogP contribution in [0, 0.1) is 0 Å². The molecule has 0 saturated heterocycles. The number of nitrogens with one attached hydrogen (secondary N) is 1. The molecular formula is C20H17N3O. The van der Waals surface area contributed by atoms with E-state index in [4.69, 9.17) is 0 Å². The summed E-state index contributed by atoms with van der Waals surface area (Å²) in [6.07, 6.45) is 3.47. The van der Waals surface area contributed by atoms with Gasteiger partial charge < -0.3 is 5.32 Å². The number of benzene rings is 2. The van der Waals surface area contributed by atoms with Crippen molar-refractivity contribution in [3.63, 3.8) is 0 Å². The third kappa shape index (κ3) is 3.22. The predicted octanol–water partition coefficient (Wildman–Crippen LogP) is 4.14. The summed E-state index contributed by atoms with van der Waals surface area (Å²) in [5.74, 6) is -0.123. The van der Waals surface area contributed by atoms with Crippen molar-refractivity contribution < 1.29 is 4.79 Å². The molecule has 0 spiro atoms. The molecule has 0 aliphatic heterocycles. The van der Waals surface area contributed by atoms with E-state index < -0.39 is 0 Å². The first-order chi connectivity index (χ1) is 11.7. The second-order valence-corrected chi connectivity index (χ2v) is 5.35. The van der Waals surface area contributed by atoms with E-state index in [1.165, 1.54) is 0 Å². The van der Waals surface area contributed by atoms with E-state index in [1.54, 1.807) is 18.3 Å². The fraction of sp³-hybridized carbons (Fsp3) is 0.0500. The van der Waals surface area contributed by atoms with Crippen LogP contribution >= 0.6 is 0 Å². The van der Waals surface area contributed by atoms with Gasteiger partial charge in [-0.25, -0.2) is 0 Å². The molecule has 0 radical (unpaired) electrons. The third-order valence-corrected chi connectivity index (χ3v) is 3.80. The quantitative estimate of drug-likeness (QED) is 0.719. The van der Waals surface area contributed by atoms with Gasteiger partial charge in [-0.05, 0) is 48.2 Å². The Hall–Kier alpha value is -3.27. The number of amides is 1. The number of carbonyl (C=O) groups excluding carboxylic acids is 1. The summed E-state index contributed by atoms with van der Waals surface area (Å²) in [7, 11) is 0. The first kappa shape index (κ1) is 15.6. The molecule has 0 bridgehead atoms. The molecule has 3 aromatic rings. The largest absolute Gasteiger partial charge is 0.348 e. The highest BCUT2D eigenvalue weighted by Gasteiger charge is 2.07. The normalized spacial score (nSPS) is 10.3. The van der Waals surface area contributed by atoms with Gasteiger partial charge in [-0.2, -0.15) is 0 Å². The lowest BCUT2D eigenvalue weighted by atomic mass is 10.1. The Balaban J connectivity index is 1.74. The molecule has 0 unspecified atom stereocenters. The van der Waals surface area contributed by atoms with Crippen molar-refractivity contribution in [1.29, 1.82) is 0 Å². The Morgan fingerprint density at radius 1 is 1.21 bits per heavy atom. The van der Waals surface area contributed by atoms with E-state index >= 15 is 0 Å². The summed E-state index contributed by atoms with van der Waals surface area (Å²) in [5, 5.41) is 3.86. The van der Waals surface area contributed by atoms with Gasteiger partial charge in [0.05, 0.1) is 11.2 Å². The summed E-state index contributed by atoms with van der Waals surface area (Å²) in [4.78, 5) is 20.6. The minimum atomic E-state index is -0.123. The van der Waals surface area contributed by atoms with Crippen molar-refractivity contribution in [2.24, 2.45) is 4.99 Å². The number of fused-ring (bicyclic) bond motifs is 1. The number of pyridine rings is 1. The van der Waals surface area contributed by atoms with Gasteiger partial charge >= 0.3 is 0 Å². The van der Waals surface area contributed by atoms with Crippen LogP contribution in [0.5, 0.6) is 0 Å². The number of rotatable bonds is 5. The summed E-state index contributed by atoms with van der Waals surface area (Å²) in [6, 6.07) is 15.0.